The number of phenols is 1. The summed E-state index contributed by atoms with van der Waals surface area (Å²) in [5.41, 5.74) is -1.42. The van der Waals surface area contributed by atoms with Crippen LogP contribution in [0, 0.1) is 26.1 Å². The van der Waals surface area contributed by atoms with Gasteiger partial charge in [0, 0.05) is 24.6 Å². The summed E-state index contributed by atoms with van der Waals surface area (Å²) in [5, 5.41) is 77.6. The number of aliphatic hydroxyl groups excluding tert-OH is 4. The van der Waals surface area contributed by atoms with E-state index < -0.39 is 106 Å². The van der Waals surface area contributed by atoms with Crippen molar-refractivity contribution in [2.24, 2.45) is 5.92 Å². The Bertz CT molecular complexity index is 1470. The van der Waals surface area contributed by atoms with Crippen LogP contribution in [0.15, 0.2) is 40.9 Å². The molecule has 1 aromatic rings. The zero-order chi connectivity index (χ0) is 36.0. The molecule has 1 aromatic carbocycles. The smallest absolute Gasteiger partial charge is 0.294 e. The van der Waals surface area contributed by atoms with Crippen LogP contribution in [0.5, 0.6) is 5.75 Å². The lowest BCUT2D eigenvalue weighted by Crippen LogP contribution is -2.52. The average molecular weight is 682 g/mol. The highest BCUT2D eigenvalue weighted by Gasteiger charge is 2.47. The second kappa shape index (κ2) is 15.8. The Labute approximate surface area is 273 Å². The quantitative estimate of drug-likeness (QED) is 0.0698. The fourth-order valence-corrected chi connectivity index (χ4v) is 6.16. The number of hydrogen-bond donors (Lipinski definition) is 6. The number of Topliss-reactive ketones (excluding diaryl/α,β-unsaturated/α-hetero) is 2. The summed E-state index contributed by atoms with van der Waals surface area (Å²) in [4.78, 5) is 74.0. The van der Waals surface area contributed by atoms with E-state index in [2.05, 4.69) is 15.0 Å². The van der Waals surface area contributed by atoms with Crippen LogP contribution in [0.4, 0.5) is 0 Å². The first-order valence-corrected chi connectivity index (χ1v) is 14.9. The number of carbonyl (C=O) groups is 3. The van der Waals surface area contributed by atoms with Gasteiger partial charge in [0.1, 0.15) is 36.1 Å². The number of phenolic OH excluding ortho intramolecular Hbond substituents is 1. The second-order valence-corrected chi connectivity index (χ2v) is 11.5. The number of fused-ring (bicyclic) bond motifs is 2. The highest BCUT2D eigenvalue weighted by atomic mass is 17.0. The van der Waals surface area contributed by atoms with Crippen molar-refractivity contribution in [3.63, 3.8) is 0 Å². The molecule has 2 aliphatic rings. The summed E-state index contributed by atoms with van der Waals surface area (Å²) in [6, 6.07) is 3.05. The van der Waals surface area contributed by atoms with Gasteiger partial charge in [-0.2, -0.15) is 0 Å². The van der Waals surface area contributed by atoms with E-state index in [0.29, 0.717) is 5.56 Å². The monoisotopic (exact) mass is 681 g/mol. The summed E-state index contributed by atoms with van der Waals surface area (Å²) in [7, 11) is 2.96. The Hall–Kier alpha value is -4.85. The molecule has 2 aliphatic carbocycles. The van der Waals surface area contributed by atoms with Crippen LogP contribution in [0.2, 0.25) is 0 Å². The molecule has 0 spiro atoms. The number of likely N-dealkylation sites (N-methyl/N-ethyl adjacent to an activating group) is 1. The molecule has 19 nitrogen and oxygen atoms in total. The summed E-state index contributed by atoms with van der Waals surface area (Å²) in [6.45, 7) is 1.65. The minimum Gasteiger partial charge on any atom is -0.510 e. The van der Waals surface area contributed by atoms with E-state index >= 15 is 0 Å². The summed E-state index contributed by atoms with van der Waals surface area (Å²) in [6.07, 6.45) is -5.50. The maximum absolute atomic E-state index is 13.8. The van der Waals surface area contributed by atoms with Gasteiger partial charge in [0.05, 0.1) is 23.9 Å². The molecule has 0 bridgehead atoms. The number of nitrogens with zero attached hydrogens (tertiary/aromatic N) is 4. The number of aromatic hydroxyl groups is 1. The van der Waals surface area contributed by atoms with Crippen molar-refractivity contribution >= 4 is 17.5 Å². The number of amides is 1. The van der Waals surface area contributed by atoms with Crippen LogP contribution in [0.1, 0.15) is 48.5 Å². The number of aliphatic hydroxyl groups is 4. The largest absolute Gasteiger partial charge is 0.510 e. The number of ketones is 2. The Morgan fingerprint density at radius 1 is 1.04 bits per heavy atom. The SMILES string of the molecule is CCC(NC(=O)/C1=C(\O)[C@@H](N(C)C)C[C@@H](O)[C@H]2/C(=C(/O)[C@H](O)C1=O)C(=O)c1c(O)cccc1[C@@H]2C)N(CCO[N+](=O)[O-])CCO[N+](=O)[O-]. The average Bonchev–Trinajstić information content (AvgIpc) is 3.01. The molecule has 0 saturated carbocycles. The maximum atomic E-state index is 13.8. The van der Waals surface area contributed by atoms with Crippen LogP contribution >= 0.6 is 0 Å². The topological polar surface area (TPSA) is 276 Å². The van der Waals surface area contributed by atoms with Gasteiger partial charge in [-0.05, 0) is 44.5 Å². The third kappa shape index (κ3) is 7.98. The number of carbonyl (C=O) groups excluding carboxylic acids is 3. The van der Waals surface area contributed by atoms with Gasteiger partial charge in [-0.1, -0.05) is 26.0 Å². The molecule has 1 amide bonds. The fourth-order valence-electron chi connectivity index (χ4n) is 6.16. The van der Waals surface area contributed by atoms with E-state index in [0.717, 1.165) is 0 Å². The van der Waals surface area contributed by atoms with E-state index in [-0.39, 0.29) is 31.5 Å². The van der Waals surface area contributed by atoms with E-state index in [1.54, 1.807) is 19.9 Å². The second-order valence-electron chi connectivity index (χ2n) is 11.5. The first-order chi connectivity index (χ1) is 22.5. The fraction of sp³-hybridized carbons (Fsp3) is 0.552. The predicted octanol–water partition coefficient (Wildman–Crippen LogP) is 0.128. The summed E-state index contributed by atoms with van der Waals surface area (Å²) < 4.78 is 0. The molecule has 0 radical (unpaired) electrons. The van der Waals surface area contributed by atoms with E-state index in [4.69, 9.17) is 0 Å². The van der Waals surface area contributed by atoms with Crippen LogP contribution in [0.25, 0.3) is 0 Å². The first kappa shape index (κ1) is 37.6. The molecule has 0 heterocycles. The highest BCUT2D eigenvalue weighted by molar-refractivity contribution is 6.22. The molecule has 6 atom stereocenters. The molecule has 19 heteroatoms. The van der Waals surface area contributed by atoms with Crippen molar-refractivity contribution in [2.75, 3.05) is 40.4 Å². The van der Waals surface area contributed by atoms with Gasteiger partial charge in [-0.25, -0.2) is 0 Å². The molecular weight excluding hydrogens is 642 g/mol. The highest BCUT2D eigenvalue weighted by Crippen LogP contribution is 2.46. The maximum Gasteiger partial charge on any atom is 0.294 e. The van der Waals surface area contributed by atoms with Crippen LogP contribution in [-0.2, 0) is 19.3 Å². The standard InChI is InChI=1S/C29H39N5O14/c1-5-19(32(9-11-47-33(43)44)10-12-48-34(45)46)30-29(42)23-24(37)16(31(3)4)13-18(36)20-14(2)15-7-6-8-17(35)21(15)25(38)22(20)26(39)28(41)27(23)40/h6-8,14,16,18-20,28,35-37,39,41H,5,9-13H2,1-4H3,(H,30,42)/b24-23-,26-22-/t14-,16-,18+,19?,20-,28-/m0/s1. The van der Waals surface area contributed by atoms with Gasteiger partial charge >= 0.3 is 0 Å². The minimum atomic E-state index is -2.58. The molecule has 0 aliphatic heterocycles. The predicted molar refractivity (Wildman–Crippen MR) is 162 cm³/mol. The Morgan fingerprint density at radius 2 is 1.62 bits per heavy atom. The number of hydrogen-bond acceptors (Lipinski definition) is 16. The van der Waals surface area contributed by atoms with Gasteiger partial charge in [0.15, 0.2) is 11.9 Å². The number of benzene rings is 1. The van der Waals surface area contributed by atoms with Gasteiger partial charge < -0.3 is 40.5 Å². The van der Waals surface area contributed by atoms with Crippen molar-refractivity contribution in [3.8, 4) is 5.75 Å². The molecule has 48 heavy (non-hydrogen) atoms. The Kier molecular flexibility index (Phi) is 12.4. The van der Waals surface area contributed by atoms with Gasteiger partial charge in [-0.3, -0.25) is 24.2 Å². The van der Waals surface area contributed by atoms with Crippen molar-refractivity contribution in [1.82, 2.24) is 15.1 Å². The molecular formula is C29H39N5O14. The van der Waals surface area contributed by atoms with Crippen LogP contribution in [0.3, 0.4) is 0 Å². The third-order valence-corrected chi connectivity index (χ3v) is 8.52. The van der Waals surface area contributed by atoms with Crippen molar-refractivity contribution in [1.29, 1.82) is 0 Å². The van der Waals surface area contributed by atoms with E-state index in [9.17, 15) is 60.1 Å². The van der Waals surface area contributed by atoms with Gasteiger partial charge in [0.2, 0.25) is 5.78 Å². The number of nitrogens with one attached hydrogen (secondary N) is 1. The van der Waals surface area contributed by atoms with E-state index in [1.165, 1.54) is 36.0 Å². The first-order valence-electron chi connectivity index (χ1n) is 14.9. The minimum absolute atomic E-state index is 0.0511. The normalized spacial score (nSPS) is 26.8. The van der Waals surface area contributed by atoms with Crippen LogP contribution < -0.4 is 5.32 Å². The Balaban J connectivity index is 2.10. The van der Waals surface area contributed by atoms with E-state index in [1.807, 2.05) is 0 Å². The molecule has 0 saturated heterocycles. The molecule has 1 unspecified atom stereocenters. The molecule has 264 valence electrons. The molecule has 0 fully saturated rings. The zero-order valence-corrected chi connectivity index (χ0v) is 26.6. The van der Waals surface area contributed by atoms with Crippen molar-refractivity contribution in [3.05, 3.63) is 72.2 Å². The zero-order valence-electron chi connectivity index (χ0n) is 26.6. The van der Waals surface area contributed by atoms with Gasteiger partial charge in [-0.15, -0.1) is 20.2 Å². The van der Waals surface area contributed by atoms with Crippen molar-refractivity contribution < 1.29 is 59.8 Å². The van der Waals surface area contributed by atoms with Crippen molar-refractivity contribution in [2.45, 2.75) is 57.0 Å². The van der Waals surface area contributed by atoms with Gasteiger partial charge in [0.25, 0.3) is 16.1 Å². The number of rotatable bonds is 13. The van der Waals surface area contributed by atoms with Crippen LogP contribution in [-0.4, -0.2) is 128 Å². The lowest BCUT2D eigenvalue weighted by molar-refractivity contribution is -0.758. The summed E-state index contributed by atoms with van der Waals surface area (Å²) >= 11 is 0. The molecule has 3 rings (SSSR count). The molecule has 0 aromatic heterocycles. The third-order valence-electron chi connectivity index (χ3n) is 8.52. The lowest BCUT2D eigenvalue weighted by atomic mass is 9.67. The lowest BCUT2D eigenvalue weighted by Gasteiger charge is -2.39. The Morgan fingerprint density at radius 3 is 2.15 bits per heavy atom. The summed E-state index contributed by atoms with van der Waals surface area (Å²) in [5.74, 6) is -8.16. The molecule has 6 N–H and O–H groups in total.